The van der Waals surface area contributed by atoms with Crippen LogP contribution in [0.25, 0.3) is 0 Å². The molecule has 4 N–H and O–H groups in total. The van der Waals surface area contributed by atoms with E-state index in [2.05, 4.69) is 4.99 Å². The second kappa shape index (κ2) is 4.65. The Hall–Kier alpha value is -2.37. The van der Waals surface area contributed by atoms with Crippen LogP contribution in [0.3, 0.4) is 0 Å². The summed E-state index contributed by atoms with van der Waals surface area (Å²) in [6, 6.07) is 2.71. The molecule has 0 unspecified atom stereocenters. The quantitative estimate of drug-likeness (QED) is 0.530. The highest BCUT2D eigenvalue weighted by molar-refractivity contribution is 6.42. The number of hydrogen-bond acceptors (Lipinski definition) is 4. The molecule has 0 heterocycles. The molecule has 0 fully saturated rings. The topological polar surface area (TPSA) is 113 Å². The van der Waals surface area contributed by atoms with Crippen LogP contribution < -0.4 is 5.73 Å². The van der Waals surface area contributed by atoms with Crippen LogP contribution in [-0.4, -0.2) is 34.9 Å². The zero-order valence-electron chi connectivity index (χ0n) is 9.39. The van der Waals surface area contributed by atoms with E-state index < -0.39 is 11.9 Å². The molecule has 0 saturated heterocycles. The van der Waals surface area contributed by atoms with E-state index in [1.807, 2.05) is 0 Å². The molecule has 90 valence electrons. The van der Waals surface area contributed by atoms with Gasteiger partial charge in [-0.05, 0) is 24.6 Å². The van der Waals surface area contributed by atoms with Gasteiger partial charge in [0.1, 0.15) is 5.71 Å². The van der Waals surface area contributed by atoms with Crippen molar-refractivity contribution in [2.75, 3.05) is 12.8 Å². The van der Waals surface area contributed by atoms with Gasteiger partial charge in [0.15, 0.2) is 0 Å². The van der Waals surface area contributed by atoms with Crippen molar-refractivity contribution in [3.63, 3.8) is 0 Å². The highest BCUT2D eigenvalue weighted by Gasteiger charge is 2.17. The van der Waals surface area contributed by atoms with Gasteiger partial charge < -0.3 is 15.9 Å². The van der Waals surface area contributed by atoms with Crippen LogP contribution in [0.1, 0.15) is 21.5 Å². The summed E-state index contributed by atoms with van der Waals surface area (Å²) in [6.45, 7) is 1.61. The van der Waals surface area contributed by atoms with E-state index in [9.17, 15) is 9.59 Å². The van der Waals surface area contributed by atoms with Crippen LogP contribution in [0.5, 0.6) is 0 Å². The fourth-order valence-electron chi connectivity index (χ4n) is 1.46. The summed E-state index contributed by atoms with van der Waals surface area (Å²) >= 11 is 0. The van der Waals surface area contributed by atoms with Crippen molar-refractivity contribution in [3.8, 4) is 0 Å². The van der Waals surface area contributed by atoms with Gasteiger partial charge in [0.05, 0.1) is 5.56 Å². The van der Waals surface area contributed by atoms with E-state index >= 15 is 0 Å². The monoisotopic (exact) mass is 236 g/mol. The van der Waals surface area contributed by atoms with Gasteiger partial charge in [0.25, 0.3) is 0 Å². The van der Waals surface area contributed by atoms with Crippen LogP contribution in [0.4, 0.5) is 5.69 Å². The third kappa shape index (κ3) is 2.41. The van der Waals surface area contributed by atoms with E-state index in [1.165, 1.54) is 19.2 Å². The maximum Gasteiger partial charge on any atom is 0.354 e. The SMILES string of the molecule is CN=C(C(=O)O)c1cc(C)c(N)c(C(=O)O)c1. The number of aryl methyl sites for hydroxylation is 1. The molecule has 0 amide bonds. The first-order valence-corrected chi connectivity index (χ1v) is 4.72. The lowest BCUT2D eigenvalue weighted by atomic mass is 10.0. The fraction of sp³-hybridized carbons (Fsp3) is 0.182. The first-order valence-electron chi connectivity index (χ1n) is 4.72. The lowest BCUT2D eigenvalue weighted by Crippen LogP contribution is -2.16. The highest BCUT2D eigenvalue weighted by atomic mass is 16.4. The third-order valence-electron chi connectivity index (χ3n) is 2.32. The van der Waals surface area contributed by atoms with E-state index in [1.54, 1.807) is 6.92 Å². The van der Waals surface area contributed by atoms with Gasteiger partial charge in [0.2, 0.25) is 0 Å². The Morgan fingerprint density at radius 1 is 1.29 bits per heavy atom. The minimum atomic E-state index is -1.21. The molecule has 0 aromatic heterocycles. The molecular weight excluding hydrogens is 224 g/mol. The Labute approximate surface area is 97.4 Å². The van der Waals surface area contributed by atoms with Crippen LogP contribution in [0.2, 0.25) is 0 Å². The maximum atomic E-state index is 10.9. The third-order valence-corrected chi connectivity index (χ3v) is 2.32. The Morgan fingerprint density at radius 3 is 2.29 bits per heavy atom. The molecule has 1 aromatic carbocycles. The standard InChI is InChI=1S/C11H12N2O4/c1-5-3-6(9(13-2)11(16)17)4-7(8(5)12)10(14)15/h3-4H,12H2,1-2H3,(H,14,15)(H,16,17). The summed E-state index contributed by atoms with van der Waals surface area (Å²) in [4.78, 5) is 25.5. The first kappa shape index (κ1) is 12.7. The van der Waals surface area contributed by atoms with Gasteiger partial charge in [-0.25, -0.2) is 9.59 Å². The molecule has 6 nitrogen and oxygen atoms in total. The van der Waals surface area contributed by atoms with E-state index in [-0.39, 0.29) is 22.5 Å². The number of aliphatic carboxylic acids is 1. The fourth-order valence-corrected chi connectivity index (χ4v) is 1.46. The second-order valence-electron chi connectivity index (χ2n) is 3.44. The molecule has 0 bridgehead atoms. The molecule has 0 aliphatic carbocycles. The Kier molecular flexibility index (Phi) is 3.47. The molecule has 1 aromatic rings. The van der Waals surface area contributed by atoms with Gasteiger partial charge in [-0.1, -0.05) is 0 Å². The Balaban J connectivity index is 3.48. The van der Waals surface area contributed by atoms with Gasteiger partial charge >= 0.3 is 11.9 Å². The van der Waals surface area contributed by atoms with Gasteiger partial charge in [-0.3, -0.25) is 4.99 Å². The number of carbonyl (C=O) groups is 2. The first-order chi connectivity index (χ1) is 7.88. The average molecular weight is 236 g/mol. The number of rotatable bonds is 3. The Morgan fingerprint density at radius 2 is 1.88 bits per heavy atom. The molecule has 0 saturated carbocycles. The molecule has 1 rings (SSSR count). The van der Waals surface area contributed by atoms with Gasteiger partial charge in [0, 0.05) is 18.3 Å². The lowest BCUT2D eigenvalue weighted by Gasteiger charge is -2.08. The molecule has 6 heteroatoms. The van der Waals surface area contributed by atoms with Crippen molar-refractivity contribution in [2.45, 2.75) is 6.92 Å². The van der Waals surface area contributed by atoms with E-state index in [0.717, 1.165) is 0 Å². The zero-order chi connectivity index (χ0) is 13.2. The summed E-state index contributed by atoms with van der Waals surface area (Å²) in [5.41, 5.74) is 6.14. The lowest BCUT2D eigenvalue weighted by molar-refractivity contribution is -0.129. The second-order valence-corrected chi connectivity index (χ2v) is 3.44. The highest BCUT2D eigenvalue weighted by Crippen LogP contribution is 2.20. The Bertz CT molecular complexity index is 520. The molecular formula is C11H12N2O4. The van der Waals surface area contributed by atoms with E-state index in [4.69, 9.17) is 15.9 Å². The van der Waals surface area contributed by atoms with Crippen molar-refractivity contribution in [2.24, 2.45) is 4.99 Å². The summed E-state index contributed by atoms with van der Waals surface area (Å²) in [7, 11) is 1.33. The van der Waals surface area contributed by atoms with Crippen LogP contribution in [-0.2, 0) is 4.79 Å². The van der Waals surface area contributed by atoms with Crippen LogP contribution in [0, 0.1) is 6.92 Å². The van der Waals surface area contributed by atoms with Crippen molar-refractivity contribution in [1.29, 1.82) is 0 Å². The molecule has 17 heavy (non-hydrogen) atoms. The van der Waals surface area contributed by atoms with Crippen LogP contribution in [0.15, 0.2) is 17.1 Å². The number of hydrogen-bond donors (Lipinski definition) is 3. The summed E-state index contributed by atoms with van der Waals surface area (Å²) in [5.74, 6) is -2.42. The van der Waals surface area contributed by atoms with Gasteiger partial charge in [-0.2, -0.15) is 0 Å². The number of nitrogen functional groups attached to an aromatic ring is 1. The van der Waals surface area contributed by atoms with Crippen LogP contribution >= 0.6 is 0 Å². The molecule has 0 radical (unpaired) electrons. The molecule has 0 atom stereocenters. The largest absolute Gasteiger partial charge is 0.478 e. The number of nitrogens with two attached hydrogens (primary N) is 1. The molecule has 0 aliphatic heterocycles. The van der Waals surface area contributed by atoms with E-state index in [0.29, 0.717) is 5.56 Å². The summed E-state index contributed by atoms with van der Waals surface area (Å²) < 4.78 is 0. The number of aromatic carboxylic acids is 1. The van der Waals surface area contributed by atoms with Crippen molar-refractivity contribution in [1.82, 2.24) is 0 Å². The number of benzene rings is 1. The number of aliphatic imine (C=N–C) groups is 1. The predicted octanol–water partition coefficient (Wildman–Crippen LogP) is 0.779. The van der Waals surface area contributed by atoms with Crippen molar-refractivity contribution in [3.05, 3.63) is 28.8 Å². The summed E-state index contributed by atoms with van der Waals surface area (Å²) in [6.07, 6.45) is 0. The molecule has 0 aliphatic rings. The number of carboxylic acid groups (broad SMARTS) is 2. The van der Waals surface area contributed by atoms with Crippen molar-refractivity contribution >= 4 is 23.3 Å². The normalized spacial score (nSPS) is 11.3. The number of anilines is 1. The number of nitrogens with zero attached hydrogens (tertiary/aromatic N) is 1. The zero-order valence-corrected chi connectivity index (χ0v) is 9.39. The smallest absolute Gasteiger partial charge is 0.354 e. The predicted molar refractivity (Wildman–Crippen MR) is 62.6 cm³/mol. The molecule has 0 spiro atoms. The minimum Gasteiger partial charge on any atom is -0.478 e. The minimum absolute atomic E-state index is 0.123. The summed E-state index contributed by atoms with van der Waals surface area (Å²) in [5, 5.41) is 17.8. The maximum absolute atomic E-state index is 10.9. The van der Waals surface area contributed by atoms with Crippen molar-refractivity contribution < 1.29 is 19.8 Å². The number of carboxylic acids is 2. The van der Waals surface area contributed by atoms with Gasteiger partial charge in [-0.15, -0.1) is 0 Å². The average Bonchev–Trinajstić information content (AvgIpc) is 2.22.